The van der Waals surface area contributed by atoms with Crippen LogP contribution in [0, 0.1) is 6.92 Å². The van der Waals surface area contributed by atoms with Crippen molar-refractivity contribution in [2.75, 3.05) is 6.61 Å². The van der Waals surface area contributed by atoms with Gasteiger partial charge in [0.05, 0.1) is 11.5 Å². The van der Waals surface area contributed by atoms with Crippen LogP contribution < -0.4 is 10.1 Å². The fourth-order valence-corrected chi connectivity index (χ4v) is 2.73. The molecule has 0 saturated carbocycles. The number of carboxylic acid groups (broad SMARTS) is 1. The van der Waals surface area contributed by atoms with Crippen LogP contribution in [0.25, 0.3) is 0 Å². The van der Waals surface area contributed by atoms with E-state index in [1.54, 1.807) is 0 Å². The van der Waals surface area contributed by atoms with Crippen LogP contribution in [0.5, 0.6) is 5.75 Å². The minimum absolute atomic E-state index is 0.0721. The van der Waals surface area contributed by atoms with Crippen molar-refractivity contribution in [2.45, 2.75) is 26.3 Å². The molecule has 1 heterocycles. The first-order valence-corrected chi connectivity index (χ1v) is 8.14. The molecule has 0 fully saturated rings. The summed E-state index contributed by atoms with van der Waals surface area (Å²) < 4.78 is 5.46. The van der Waals surface area contributed by atoms with Crippen molar-refractivity contribution >= 4 is 23.2 Å². The van der Waals surface area contributed by atoms with Gasteiger partial charge in [-0.05, 0) is 43.2 Å². The number of carboxylic acids is 1. The van der Waals surface area contributed by atoms with Crippen LogP contribution in [0.1, 0.15) is 33.0 Å². The maximum Gasteiger partial charge on any atom is 0.303 e. The Morgan fingerprint density at radius 3 is 2.52 bits per heavy atom. The molecule has 0 radical (unpaired) electrons. The number of aryl methyl sites for hydroxylation is 1. The van der Waals surface area contributed by atoms with E-state index in [-0.39, 0.29) is 12.3 Å². The second kappa shape index (κ2) is 8.33. The Morgan fingerprint density at radius 1 is 1.17 bits per heavy atom. The highest BCUT2D eigenvalue weighted by Gasteiger charge is 2.07. The monoisotopic (exact) mass is 333 g/mol. The second-order valence-electron chi connectivity index (χ2n) is 5.08. The topological polar surface area (TPSA) is 75.6 Å². The van der Waals surface area contributed by atoms with Gasteiger partial charge in [-0.2, -0.15) is 0 Å². The molecule has 0 aliphatic rings. The number of hydrogen-bond donors (Lipinski definition) is 2. The van der Waals surface area contributed by atoms with Gasteiger partial charge in [-0.1, -0.05) is 12.1 Å². The Bertz CT molecular complexity index is 663. The van der Waals surface area contributed by atoms with Gasteiger partial charge in [-0.25, -0.2) is 0 Å². The highest BCUT2D eigenvalue weighted by atomic mass is 32.1. The predicted molar refractivity (Wildman–Crippen MR) is 89.0 cm³/mol. The molecule has 5 nitrogen and oxygen atoms in total. The van der Waals surface area contributed by atoms with E-state index < -0.39 is 5.97 Å². The van der Waals surface area contributed by atoms with Crippen molar-refractivity contribution in [3.8, 4) is 5.75 Å². The van der Waals surface area contributed by atoms with Crippen molar-refractivity contribution < 1.29 is 19.4 Å². The molecule has 0 unspecified atom stereocenters. The van der Waals surface area contributed by atoms with Crippen LogP contribution in [0.2, 0.25) is 0 Å². The number of nitrogens with one attached hydrogen (secondary N) is 1. The molecule has 23 heavy (non-hydrogen) atoms. The molecule has 2 N–H and O–H groups in total. The normalized spacial score (nSPS) is 10.3. The van der Waals surface area contributed by atoms with Gasteiger partial charge in [0.1, 0.15) is 5.75 Å². The van der Waals surface area contributed by atoms with Crippen LogP contribution in [-0.2, 0) is 11.3 Å². The number of carbonyl (C=O) groups is 2. The Kier molecular flexibility index (Phi) is 6.17. The fourth-order valence-electron chi connectivity index (χ4n) is 1.94. The molecule has 6 heteroatoms. The number of aliphatic carboxylic acids is 1. The van der Waals surface area contributed by atoms with Gasteiger partial charge in [0.2, 0.25) is 0 Å². The molecule has 0 bridgehead atoms. The molecule has 0 spiro atoms. The van der Waals surface area contributed by atoms with Crippen molar-refractivity contribution in [1.29, 1.82) is 0 Å². The maximum atomic E-state index is 12.0. The van der Waals surface area contributed by atoms with Gasteiger partial charge in [0.25, 0.3) is 5.91 Å². The van der Waals surface area contributed by atoms with Crippen molar-refractivity contribution in [1.82, 2.24) is 5.32 Å². The summed E-state index contributed by atoms with van der Waals surface area (Å²) in [5, 5.41) is 11.4. The minimum Gasteiger partial charge on any atom is -0.494 e. The number of thiophene rings is 1. The van der Waals surface area contributed by atoms with Gasteiger partial charge in [-0.3, -0.25) is 9.59 Å². The van der Waals surface area contributed by atoms with Crippen LogP contribution in [0.3, 0.4) is 0 Å². The Labute approximate surface area is 138 Å². The fraction of sp³-hybridized carbons (Fsp3) is 0.294. The lowest BCUT2D eigenvalue weighted by Gasteiger charge is -2.07. The number of ether oxygens (including phenoxy) is 1. The van der Waals surface area contributed by atoms with E-state index >= 15 is 0 Å². The van der Waals surface area contributed by atoms with Crippen LogP contribution in [0.4, 0.5) is 0 Å². The molecule has 2 aromatic rings. The number of amides is 1. The van der Waals surface area contributed by atoms with Gasteiger partial charge in [0.15, 0.2) is 0 Å². The van der Waals surface area contributed by atoms with Crippen molar-refractivity contribution in [3.63, 3.8) is 0 Å². The number of carbonyl (C=O) groups excluding carboxylic acids is 1. The lowest BCUT2D eigenvalue weighted by atomic mass is 10.2. The lowest BCUT2D eigenvalue weighted by Crippen LogP contribution is -2.21. The maximum absolute atomic E-state index is 12.0. The summed E-state index contributed by atoms with van der Waals surface area (Å²) in [6.07, 6.45) is 0.583. The van der Waals surface area contributed by atoms with E-state index in [1.807, 2.05) is 43.3 Å². The van der Waals surface area contributed by atoms with Gasteiger partial charge in [-0.15, -0.1) is 11.3 Å². The van der Waals surface area contributed by atoms with E-state index in [9.17, 15) is 9.59 Å². The molecule has 0 aliphatic carbocycles. The van der Waals surface area contributed by atoms with E-state index in [0.29, 0.717) is 30.2 Å². The van der Waals surface area contributed by atoms with E-state index in [2.05, 4.69) is 5.32 Å². The zero-order chi connectivity index (χ0) is 16.7. The lowest BCUT2D eigenvalue weighted by molar-refractivity contribution is -0.137. The quantitative estimate of drug-likeness (QED) is 0.727. The van der Waals surface area contributed by atoms with Gasteiger partial charge < -0.3 is 15.2 Å². The molecular weight excluding hydrogens is 314 g/mol. The Balaban J connectivity index is 1.76. The first kappa shape index (κ1) is 17.0. The van der Waals surface area contributed by atoms with Crippen LogP contribution in [-0.4, -0.2) is 23.6 Å². The number of hydrogen-bond acceptors (Lipinski definition) is 4. The third-order valence-corrected chi connectivity index (χ3v) is 4.14. The van der Waals surface area contributed by atoms with Crippen molar-refractivity contribution in [3.05, 3.63) is 51.7 Å². The van der Waals surface area contributed by atoms with Gasteiger partial charge >= 0.3 is 5.97 Å². The van der Waals surface area contributed by atoms with Gasteiger partial charge in [0, 0.05) is 17.8 Å². The largest absolute Gasteiger partial charge is 0.494 e. The Hall–Kier alpha value is -2.34. The first-order chi connectivity index (χ1) is 11.0. The zero-order valence-electron chi connectivity index (χ0n) is 12.9. The van der Waals surface area contributed by atoms with E-state index in [0.717, 1.165) is 10.4 Å². The van der Waals surface area contributed by atoms with E-state index in [1.165, 1.54) is 11.3 Å². The molecule has 122 valence electrons. The van der Waals surface area contributed by atoms with Crippen LogP contribution in [0.15, 0.2) is 36.4 Å². The Morgan fingerprint density at radius 2 is 1.91 bits per heavy atom. The smallest absolute Gasteiger partial charge is 0.303 e. The highest BCUT2D eigenvalue weighted by molar-refractivity contribution is 7.13. The summed E-state index contributed by atoms with van der Waals surface area (Å²) in [5.74, 6) is -0.197. The first-order valence-electron chi connectivity index (χ1n) is 7.33. The summed E-state index contributed by atoms with van der Waals surface area (Å²) >= 11 is 1.47. The molecule has 0 atom stereocenters. The molecule has 2 rings (SSSR count). The summed E-state index contributed by atoms with van der Waals surface area (Å²) in [5.41, 5.74) is 0.976. The molecule has 1 amide bonds. The summed E-state index contributed by atoms with van der Waals surface area (Å²) in [4.78, 5) is 24.2. The minimum atomic E-state index is -0.819. The average molecular weight is 333 g/mol. The van der Waals surface area contributed by atoms with E-state index in [4.69, 9.17) is 9.84 Å². The zero-order valence-corrected chi connectivity index (χ0v) is 13.7. The summed E-state index contributed by atoms with van der Waals surface area (Å²) in [6.45, 7) is 2.80. The van der Waals surface area contributed by atoms with Crippen LogP contribution >= 0.6 is 11.3 Å². The third kappa shape index (κ3) is 5.75. The summed E-state index contributed by atoms with van der Waals surface area (Å²) in [6, 6.07) is 11.1. The number of rotatable bonds is 8. The molecule has 1 aromatic carbocycles. The molecule has 0 aliphatic heterocycles. The van der Waals surface area contributed by atoms with Crippen molar-refractivity contribution in [2.24, 2.45) is 0 Å². The second-order valence-corrected chi connectivity index (χ2v) is 6.37. The highest BCUT2D eigenvalue weighted by Crippen LogP contribution is 2.16. The SMILES string of the molecule is Cc1ccc(C(=O)NCc2ccc(OCCCC(=O)O)cc2)s1. The average Bonchev–Trinajstić information content (AvgIpc) is 2.97. The summed E-state index contributed by atoms with van der Waals surface area (Å²) in [7, 11) is 0. The number of benzene rings is 1. The predicted octanol–water partition coefficient (Wildman–Crippen LogP) is 3.23. The molecule has 1 aromatic heterocycles. The third-order valence-electron chi connectivity index (χ3n) is 3.14. The standard InChI is InChI=1S/C17H19NO4S/c1-12-4-9-15(23-12)17(21)18-11-13-5-7-14(8-6-13)22-10-2-3-16(19)20/h4-9H,2-3,10-11H2,1H3,(H,18,21)(H,19,20). The molecule has 0 saturated heterocycles. The molecular formula is C17H19NO4S.